The fraction of sp³-hybridized carbons (Fsp3) is 0.111. The highest BCUT2D eigenvalue weighted by Gasteiger charge is 2.10. The maximum absolute atomic E-state index is 11.5. The molecule has 3 N–H and O–H groups in total. The van der Waals surface area contributed by atoms with Crippen LogP contribution in [0.15, 0.2) is 41.6 Å². The van der Waals surface area contributed by atoms with Crippen molar-refractivity contribution < 1.29 is 8.42 Å². The van der Waals surface area contributed by atoms with Gasteiger partial charge >= 0.3 is 0 Å². The Kier molecular flexibility index (Phi) is 3.14. The highest BCUT2D eigenvalue weighted by Crippen LogP contribution is 2.09. The maximum atomic E-state index is 11.5. The van der Waals surface area contributed by atoms with Crippen molar-refractivity contribution in [3.63, 3.8) is 0 Å². The minimum absolute atomic E-state index is 0.223. The first kappa shape index (κ1) is 10.6. The van der Waals surface area contributed by atoms with E-state index in [9.17, 15) is 8.42 Å². The molecule has 0 atom stereocenters. The number of hydrogen-bond acceptors (Lipinski definition) is 3. The third-order valence-corrected chi connectivity index (χ3v) is 2.99. The van der Waals surface area contributed by atoms with Gasteiger partial charge in [0.1, 0.15) is 0 Å². The van der Waals surface area contributed by atoms with Gasteiger partial charge in [0.05, 0.1) is 4.90 Å². The minimum Gasteiger partial charge on any atom is -0.403 e. The van der Waals surface area contributed by atoms with Gasteiger partial charge in [0.15, 0.2) is 0 Å². The molecule has 0 fully saturated rings. The van der Waals surface area contributed by atoms with Crippen molar-refractivity contribution in [2.24, 2.45) is 5.73 Å². The fourth-order valence-corrected chi connectivity index (χ4v) is 1.80. The Morgan fingerprint density at radius 2 is 1.86 bits per heavy atom. The number of hydrogen-bond donors (Lipinski definition) is 2. The number of rotatable bonds is 3. The Balaban J connectivity index is 2.99. The van der Waals surface area contributed by atoms with Crippen molar-refractivity contribution in [2.75, 3.05) is 0 Å². The van der Waals surface area contributed by atoms with E-state index >= 15 is 0 Å². The Morgan fingerprint density at radius 3 is 2.36 bits per heavy atom. The van der Waals surface area contributed by atoms with E-state index in [0.29, 0.717) is 0 Å². The lowest BCUT2D eigenvalue weighted by molar-refractivity contribution is 0.590. The molecule has 0 amide bonds. The van der Waals surface area contributed by atoms with E-state index in [1.54, 1.807) is 24.3 Å². The van der Waals surface area contributed by atoms with Crippen LogP contribution >= 0.6 is 0 Å². The third-order valence-electron chi connectivity index (χ3n) is 1.65. The van der Waals surface area contributed by atoms with Crippen LogP contribution in [0.2, 0.25) is 0 Å². The summed E-state index contributed by atoms with van der Waals surface area (Å²) in [6.45, 7) is 1.89. The largest absolute Gasteiger partial charge is 0.403 e. The second-order valence-corrected chi connectivity index (χ2v) is 4.51. The predicted molar refractivity (Wildman–Crippen MR) is 54.8 cm³/mol. The summed E-state index contributed by atoms with van der Waals surface area (Å²) in [5, 5.41) is 0. The molecule has 0 aliphatic rings. The quantitative estimate of drug-likeness (QED) is 0.774. The maximum Gasteiger partial charge on any atom is 0.261 e. The van der Waals surface area contributed by atoms with Gasteiger partial charge in [0.2, 0.25) is 0 Å². The number of nitrogens with one attached hydrogen (secondary N) is 1. The molecule has 1 aromatic rings. The molecule has 1 rings (SSSR count). The van der Waals surface area contributed by atoms with Gasteiger partial charge < -0.3 is 5.73 Å². The zero-order chi connectivity index (χ0) is 10.6. The van der Waals surface area contributed by atoms with E-state index in [1.807, 2.05) is 6.92 Å². The van der Waals surface area contributed by atoms with E-state index in [-0.39, 0.29) is 4.90 Å². The Hall–Kier alpha value is -1.49. The second-order valence-electron chi connectivity index (χ2n) is 2.79. The molecule has 0 spiro atoms. The first-order valence-electron chi connectivity index (χ1n) is 4.02. The second kappa shape index (κ2) is 4.15. The molecule has 0 saturated carbocycles. The predicted octanol–water partition coefficient (Wildman–Crippen LogP) is 0.703. The first-order valence-corrected chi connectivity index (χ1v) is 5.50. The number of benzene rings is 1. The van der Waals surface area contributed by atoms with E-state index in [4.69, 9.17) is 5.73 Å². The van der Waals surface area contributed by atoms with Crippen LogP contribution in [0, 0.1) is 6.92 Å². The van der Waals surface area contributed by atoms with Gasteiger partial charge in [-0.25, -0.2) is 8.42 Å². The summed E-state index contributed by atoms with van der Waals surface area (Å²) in [5.74, 6) is 0. The molecule has 14 heavy (non-hydrogen) atoms. The SMILES string of the molecule is Cc1ccc(S(=O)(=O)N/C=C/N)cc1. The van der Waals surface area contributed by atoms with Gasteiger partial charge in [0, 0.05) is 12.4 Å². The number of aryl methyl sites for hydroxylation is 1. The van der Waals surface area contributed by atoms with Gasteiger partial charge in [-0.05, 0) is 19.1 Å². The molecule has 0 heterocycles. The highest BCUT2D eigenvalue weighted by atomic mass is 32.2. The molecule has 76 valence electrons. The van der Waals surface area contributed by atoms with Crippen molar-refractivity contribution in [1.29, 1.82) is 0 Å². The molecule has 0 radical (unpaired) electrons. The summed E-state index contributed by atoms with van der Waals surface area (Å²) in [7, 11) is -3.46. The third kappa shape index (κ3) is 2.50. The standard InChI is InChI=1S/C9H12N2O2S/c1-8-2-4-9(5-3-8)14(12,13)11-7-6-10/h2-7,11H,10H2,1H3/b7-6+. The first-order chi connectivity index (χ1) is 6.56. The lowest BCUT2D eigenvalue weighted by Crippen LogP contribution is -2.18. The summed E-state index contributed by atoms with van der Waals surface area (Å²) in [5.41, 5.74) is 6.04. The lowest BCUT2D eigenvalue weighted by atomic mass is 10.2. The molecule has 1 aromatic carbocycles. The lowest BCUT2D eigenvalue weighted by Gasteiger charge is -2.03. The zero-order valence-corrected chi connectivity index (χ0v) is 8.58. The van der Waals surface area contributed by atoms with E-state index in [1.165, 1.54) is 6.20 Å². The molecule has 0 aromatic heterocycles. The Labute approximate surface area is 83.5 Å². The van der Waals surface area contributed by atoms with Crippen LogP contribution in [0.4, 0.5) is 0 Å². The Morgan fingerprint density at radius 1 is 1.29 bits per heavy atom. The fourth-order valence-electron chi connectivity index (χ4n) is 0.914. The summed E-state index contributed by atoms with van der Waals surface area (Å²) in [6.07, 6.45) is 2.31. The summed E-state index contributed by atoms with van der Waals surface area (Å²) in [6, 6.07) is 6.56. The minimum atomic E-state index is -3.46. The van der Waals surface area contributed by atoms with Crippen LogP contribution in [0.1, 0.15) is 5.56 Å². The van der Waals surface area contributed by atoms with Crippen molar-refractivity contribution >= 4 is 10.0 Å². The van der Waals surface area contributed by atoms with E-state index in [2.05, 4.69) is 4.72 Å². The van der Waals surface area contributed by atoms with Gasteiger partial charge in [-0.2, -0.15) is 0 Å². The average molecular weight is 212 g/mol. The smallest absolute Gasteiger partial charge is 0.261 e. The molecular weight excluding hydrogens is 200 g/mol. The van der Waals surface area contributed by atoms with E-state index < -0.39 is 10.0 Å². The van der Waals surface area contributed by atoms with Crippen molar-refractivity contribution in [3.8, 4) is 0 Å². The summed E-state index contributed by atoms with van der Waals surface area (Å²) >= 11 is 0. The van der Waals surface area contributed by atoms with Crippen LogP contribution in [0.3, 0.4) is 0 Å². The van der Waals surface area contributed by atoms with Crippen LogP contribution in [-0.2, 0) is 10.0 Å². The summed E-state index contributed by atoms with van der Waals surface area (Å²) in [4.78, 5) is 0.223. The topological polar surface area (TPSA) is 72.2 Å². The monoisotopic (exact) mass is 212 g/mol. The van der Waals surface area contributed by atoms with Gasteiger partial charge in [0.25, 0.3) is 10.0 Å². The average Bonchev–Trinajstić information content (AvgIpc) is 2.16. The zero-order valence-electron chi connectivity index (χ0n) is 7.77. The normalized spacial score (nSPS) is 11.8. The highest BCUT2D eigenvalue weighted by molar-refractivity contribution is 7.89. The van der Waals surface area contributed by atoms with Gasteiger partial charge in [-0.3, -0.25) is 4.72 Å². The molecule has 0 saturated heterocycles. The molecule has 0 bridgehead atoms. The number of nitrogens with two attached hydrogens (primary N) is 1. The van der Waals surface area contributed by atoms with Crippen LogP contribution in [0.5, 0.6) is 0 Å². The van der Waals surface area contributed by atoms with Crippen molar-refractivity contribution in [1.82, 2.24) is 4.72 Å². The van der Waals surface area contributed by atoms with Crippen LogP contribution < -0.4 is 10.5 Å². The Bertz CT molecular complexity index is 421. The van der Waals surface area contributed by atoms with Crippen LogP contribution in [0.25, 0.3) is 0 Å². The van der Waals surface area contributed by atoms with Crippen molar-refractivity contribution in [3.05, 3.63) is 42.2 Å². The van der Waals surface area contributed by atoms with Gasteiger partial charge in [-0.1, -0.05) is 17.7 Å². The molecule has 4 nitrogen and oxygen atoms in total. The van der Waals surface area contributed by atoms with Gasteiger partial charge in [-0.15, -0.1) is 0 Å². The van der Waals surface area contributed by atoms with Crippen molar-refractivity contribution in [2.45, 2.75) is 11.8 Å². The molecule has 0 unspecified atom stereocenters. The number of sulfonamides is 1. The molecule has 0 aliphatic carbocycles. The van der Waals surface area contributed by atoms with E-state index in [0.717, 1.165) is 11.8 Å². The molecular formula is C9H12N2O2S. The molecule has 0 aliphatic heterocycles. The molecule has 5 heteroatoms. The summed E-state index contributed by atoms with van der Waals surface area (Å²) < 4.78 is 25.2. The van der Waals surface area contributed by atoms with Crippen LogP contribution in [-0.4, -0.2) is 8.42 Å².